The minimum absolute atomic E-state index is 0.000795. The number of unbranched alkanes of at least 4 members (excludes halogenated alkanes) is 1. The average Bonchev–Trinajstić information content (AvgIpc) is 2.95. The van der Waals surface area contributed by atoms with E-state index >= 15 is 0 Å². The number of rotatable bonds is 6. The molecule has 2 aromatic heterocycles. The number of furan rings is 1. The highest BCUT2D eigenvalue weighted by atomic mass is 16.6. The summed E-state index contributed by atoms with van der Waals surface area (Å²) in [6.45, 7) is 2.00. The summed E-state index contributed by atoms with van der Waals surface area (Å²) in [7, 11) is 1.39. The molecule has 2 heterocycles. The third-order valence-corrected chi connectivity index (χ3v) is 2.85. The maximum absolute atomic E-state index is 12.0. The molecule has 0 spiro atoms. The Morgan fingerprint density at radius 2 is 2.14 bits per heavy atom. The zero-order valence-electron chi connectivity index (χ0n) is 11.6. The van der Waals surface area contributed by atoms with E-state index in [2.05, 4.69) is 4.98 Å². The Kier molecular flexibility index (Phi) is 4.36. The highest BCUT2D eigenvalue weighted by Crippen LogP contribution is 2.26. The molecule has 0 saturated heterocycles. The lowest BCUT2D eigenvalue weighted by Crippen LogP contribution is -2.12. The van der Waals surface area contributed by atoms with Crippen molar-refractivity contribution in [1.29, 1.82) is 0 Å². The van der Waals surface area contributed by atoms with Crippen LogP contribution in [-0.4, -0.2) is 17.0 Å². The van der Waals surface area contributed by atoms with E-state index in [-0.39, 0.29) is 17.5 Å². The number of hydrogen-bond donors (Lipinski definition) is 0. The van der Waals surface area contributed by atoms with Crippen molar-refractivity contribution < 1.29 is 18.5 Å². The van der Waals surface area contributed by atoms with E-state index in [0.717, 1.165) is 18.9 Å². The summed E-state index contributed by atoms with van der Waals surface area (Å²) >= 11 is 0. The van der Waals surface area contributed by atoms with Gasteiger partial charge < -0.3 is 13.6 Å². The second-order valence-electron chi connectivity index (χ2n) is 4.29. The molecule has 112 valence electrons. The Morgan fingerprint density at radius 1 is 1.38 bits per heavy atom. The first-order chi connectivity index (χ1) is 10.1. The van der Waals surface area contributed by atoms with Gasteiger partial charge in [0.2, 0.25) is 5.88 Å². The third-order valence-electron chi connectivity index (χ3n) is 2.85. The molecule has 0 radical (unpaired) electrons. The molecule has 0 saturated carbocycles. The number of nitro groups is 1. The van der Waals surface area contributed by atoms with Gasteiger partial charge in [-0.05, 0) is 18.9 Å². The van der Waals surface area contributed by atoms with Crippen LogP contribution in [0.4, 0.5) is 5.88 Å². The van der Waals surface area contributed by atoms with Crippen molar-refractivity contribution in [3.8, 4) is 17.5 Å². The summed E-state index contributed by atoms with van der Waals surface area (Å²) in [4.78, 5) is 25.9. The molecule has 21 heavy (non-hydrogen) atoms. The molecule has 0 N–H and O–H groups in total. The molecule has 0 aliphatic carbocycles. The molecule has 2 aromatic rings. The smallest absolute Gasteiger partial charge is 0.433 e. The molecule has 0 aromatic carbocycles. The van der Waals surface area contributed by atoms with E-state index in [9.17, 15) is 14.9 Å². The first-order valence-electron chi connectivity index (χ1n) is 6.39. The lowest BCUT2D eigenvalue weighted by molar-refractivity contribution is -0.401. The largest absolute Gasteiger partial charge is 0.481 e. The molecule has 8 nitrogen and oxygen atoms in total. The summed E-state index contributed by atoms with van der Waals surface area (Å²) in [6, 6.07) is 2.48. The summed E-state index contributed by atoms with van der Waals surface area (Å²) in [5.74, 6) is -0.457. The van der Waals surface area contributed by atoms with Gasteiger partial charge in [0.15, 0.2) is 5.76 Å². The zero-order chi connectivity index (χ0) is 15.4. The van der Waals surface area contributed by atoms with Crippen molar-refractivity contribution in [3.05, 3.63) is 38.2 Å². The highest BCUT2D eigenvalue weighted by molar-refractivity contribution is 5.48. The van der Waals surface area contributed by atoms with Crippen LogP contribution in [0.5, 0.6) is 5.88 Å². The topological polar surface area (TPSA) is 109 Å². The Bertz CT molecular complexity index is 703. The van der Waals surface area contributed by atoms with E-state index in [1.165, 1.54) is 13.2 Å². The molecule has 0 amide bonds. The first kappa shape index (κ1) is 14.8. The molecular formula is C13H14N2O6. The molecule has 0 bridgehead atoms. The fourth-order valence-electron chi connectivity index (χ4n) is 1.80. The van der Waals surface area contributed by atoms with Crippen LogP contribution >= 0.6 is 0 Å². The van der Waals surface area contributed by atoms with Crippen LogP contribution in [0.15, 0.2) is 25.8 Å². The van der Waals surface area contributed by atoms with Crippen LogP contribution < -0.4 is 10.4 Å². The summed E-state index contributed by atoms with van der Waals surface area (Å²) < 4.78 is 15.1. The van der Waals surface area contributed by atoms with Crippen LogP contribution in [0.3, 0.4) is 0 Å². The van der Waals surface area contributed by atoms with E-state index in [1.54, 1.807) is 0 Å². The third kappa shape index (κ3) is 3.10. The van der Waals surface area contributed by atoms with Crippen LogP contribution in [0.1, 0.15) is 25.3 Å². The predicted octanol–water partition coefficient (Wildman–Crippen LogP) is 2.55. The Hall–Kier alpha value is -2.64. The van der Waals surface area contributed by atoms with Crippen LogP contribution in [-0.2, 0) is 6.42 Å². The first-order valence-corrected chi connectivity index (χ1v) is 6.39. The minimum atomic E-state index is -0.686. The summed E-state index contributed by atoms with van der Waals surface area (Å²) in [5, 5.41) is 10.6. The van der Waals surface area contributed by atoms with Gasteiger partial charge in [-0.3, -0.25) is 10.1 Å². The van der Waals surface area contributed by atoms with Crippen LogP contribution in [0.2, 0.25) is 0 Å². The standard InChI is InChI=1S/C13H14N2O6/c1-3-4-5-8-11(19-2)14-12(21-13(8)16)9-6-7-10(20-9)15(17)18/h6-7H,3-5H2,1-2H3. The summed E-state index contributed by atoms with van der Waals surface area (Å²) in [5.41, 5.74) is -0.228. The number of nitrogens with zero attached hydrogens (tertiary/aromatic N) is 2. The Labute approximate surface area is 119 Å². The number of ether oxygens (including phenoxy) is 1. The van der Waals surface area contributed by atoms with Gasteiger partial charge in [-0.25, -0.2) is 4.79 Å². The maximum atomic E-state index is 12.0. The molecule has 0 unspecified atom stereocenters. The van der Waals surface area contributed by atoms with Gasteiger partial charge in [-0.1, -0.05) is 13.3 Å². The van der Waals surface area contributed by atoms with Gasteiger partial charge in [0, 0.05) is 0 Å². The van der Waals surface area contributed by atoms with E-state index in [0.29, 0.717) is 12.0 Å². The Balaban J connectivity index is 2.43. The van der Waals surface area contributed by atoms with Gasteiger partial charge >= 0.3 is 11.5 Å². The number of methoxy groups -OCH3 is 1. The molecule has 0 atom stereocenters. The lowest BCUT2D eigenvalue weighted by atomic mass is 10.1. The normalized spacial score (nSPS) is 10.6. The fraction of sp³-hybridized carbons (Fsp3) is 0.385. The van der Waals surface area contributed by atoms with Crippen LogP contribution in [0, 0.1) is 10.1 Å². The monoisotopic (exact) mass is 294 g/mol. The predicted molar refractivity (Wildman–Crippen MR) is 72.3 cm³/mol. The average molecular weight is 294 g/mol. The molecule has 8 heteroatoms. The summed E-state index contributed by atoms with van der Waals surface area (Å²) in [6.07, 6.45) is 2.21. The number of aromatic nitrogens is 1. The highest BCUT2D eigenvalue weighted by Gasteiger charge is 2.20. The lowest BCUT2D eigenvalue weighted by Gasteiger charge is -2.06. The Morgan fingerprint density at radius 3 is 2.71 bits per heavy atom. The molecule has 0 aliphatic heterocycles. The molecular weight excluding hydrogens is 280 g/mol. The fourth-order valence-corrected chi connectivity index (χ4v) is 1.80. The van der Waals surface area contributed by atoms with Crippen molar-refractivity contribution >= 4 is 5.88 Å². The molecule has 2 rings (SSSR count). The van der Waals surface area contributed by atoms with E-state index in [4.69, 9.17) is 13.6 Å². The second kappa shape index (κ2) is 6.21. The van der Waals surface area contributed by atoms with Gasteiger partial charge in [-0.2, -0.15) is 4.98 Å². The van der Waals surface area contributed by atoms with Crippen molar-refractivity contribution in [2.24, 2.45) is 0 Å². The van der Waals surface area contributed by atoms with E-state index in [1.807, 2.05) is 6.92 Å². The quantitative estimate of drug-likeness (QED) is 0.594. The van der Waals surface area contributed by atoms with Crippen molar-refractivity contribution in [3.63, 3.8) is 0 Å². The molecule has 0 aliphatic rings. The van der Waals surface area contributed by atoms with Gasteiger partial charge in [0.1, 0.15) is 4.92 Å². The SMILES string of the molecule is CCCCc1c(OC)nc(-c2ccc([N+](=O)[O-])o2)oc1=O. The maximum Gasteiger partial charge on any atom is 0.433 e. The van der Waals surface area contributed by atoms with Crippen LogP contribution in [0.25, 0.3) is 11.7 Å². The van der Waals surface area contributed by atoms with Crippen molar-refractivity contribution in [2.75, 3.05) is 7.11 Å². The second-order valence-corrected chi connectivity index (χ2v) is 4.29. The van der Waals surface area contributed by atoms with E-state index < -0.39 is 16.4 Å². The van der Waals surface area contributed by atoms with Crippen molar-refractivity contribution in [1.82, 2.24) is 4.98 Å². The minimum Gasteiger partial charge on any atom is -0.481 e. The van der Waals surface area contributed by atoms with Gasteiger partial charge in [0.05, 0.1) is 18.7 Å². The number of hydrogen-bond acceptors (Lipinski definition) is 7. The zero-order valence-corrected chi connectivity index (χ0v) is 11.6. The van der Waals surface area contributed by atoms with Gasteiger partial charge in [-0.15, -0.1) is 0 Å². The van der Waals surface area contributed by atoms with Crippen molar-refractivity contribution in [2.45, 2.75) is 26.2 Å². The molecule has 0 fully saturated rings. The van der Waals surface area contributed by atoms with Gasteiger partial charge in [0.25, 0.3) is 5.89 Å².